The van der Waals surface area contributed by atoms with Crippen LogP contribution in [0.1, 0.15) is 22.8 Å². The van der Waals surface area contributed by atoms with Crippen molar-refractivity contribution in [2.75, 3.05) is 18.5 Å². The van der Waals surface area contributed by atoms with Crippen LogP contribution in [0.25, 0.3) is 0 Å². The Bertz CT molecular complexity index is 805. The molecule has 0 aliphatic rings. The Labute approximate surface area is 155 Å². The summed E-state index contributed by atoms with van der Waals surface area (Å²) in [5, 5.41) is 11.8. The lowest BCUT2D eigenvalue weighted by Crippen LogP contribution is -2.17. The summed E-state index contributed by atoms with van der Waals surface area (Å²) in [7, 11) is 0. The fraction of sp³-hybridized carbons (Fsp3) is 0.211. The van der Waals surface area contributed by atoms with Crippen molar-refractivity contribution in [1.82, 2.24) is 0 Å². The average molecular weight is 373 g/mol. The van der Waals surface area contributed by atoms with Gasteiger partial charge in [-0.3, -0.25) is 5.32 Å². The molecule has 0 atom stereocenters. The molecule has 0 bridgehead atoms. The average Bonchev–Trinajstić information content (AvgIpc) is 2.66. The van der Waals surface area contributed by atoms with Crippen molar-refractivity contribution in [3.05, 3.63) is 59.7 Å². The van der Waals surface area contributed by atoms with Crippen LogP contribution < -0.4 is 10.1 Å². The molecule has 2 aromatic carbocycles. The van der Waals surface area contributed by atoms with Crippen LogP contribution in [-0.2, 0) is 20.9 Å². The van der Waals surface area contributed by atoms with Crippen LogP contribution in [0.5, 0.6) is 5.75 Å². The first-order valence-electron chi connectivity index (χ1n) is 8.13. The Hall–Kier alpha value is -3.55. The summed E-state index contributed by atoms with van der Waals surface area (Å²) in [5.74, 6) is -1.89. The quantitative estimate of drug-likeness (QED) is 0.684. The van der Waals surface area contributed by atoms with Crippen LogP contribution in [0.15, 0.2) is 48.5 Å². The second kappa shape index (κ2) is 9.81. The van der Waals surface area contributed by atoms with Gasteiger partial charge in [0.25, 0.3) is 0 Å². The first kappa shape index (κ1) is 19.8. The molecule has 8 heteroatoms. The van der Waals surface area contributed by atoms with E-state index in [9.17, 15) is 19.5 Å². The van der Waals surface area contributed by atoms with Crippen LogP contribution in [0.3, 0.4) is 0 Å². The predicted octanol–water partition coefficient (Wildman–Crippen LogP) is 3.08. The van der Waals surface area contributed by atoms with E-state index in [1.807, 2.05) is 30.3 Å². The highest BCUT2D eigenvalue weighted by molar-refractivity contribution is 5.94. The minimum Gasteiger partial charge on any atom is -0.481 e. The number of hydrogen-bond donors (Lipinski definition) is 2. The van der Waals surface area contributed by atoms with E-state index in [0.717, 1.165) is 5.56 Å². The Morgan fingerprint density at radius 3 is 2.44 bits per heavy atom. The molecule has 0 spiro atoms. The molecular formula is C19H19NO7. The third kappa shape index (κ3) is 6.35. The predicted molar refractivity (Wildman–Crippen MR) is 95.8 cm³/mol. The van der Waals surface area contributed by atoms with Gasteiger partial charge < -0.3 is 19.3 Å². The van der Waals surface area contributed by atoms with E-state index < -0.39 is 24.6 Å². The van der Waals surface area contributed by atoms with Crippen LogP contribution in [0, 0.1) is 0 Å². The van der Waals surface area contributed by atoms with Crippen LogP contribution >= 0.6 is 0 Å². The lowest BCUT2D eigenvalue weighted by molar-refractivity contribution is -0.145. The molecule has 27 heavy (non-hydrogen) atoms. The molecule has 0 saturated heterocycles. The number of amides is 1. The number of aromatic carboxylic acids is 1. The molecule has 8 nitrogen and oxygen atoms in total. The third-order valence-electron chi connectivity index (χ3n) is 3.32. The van der Waals surface area contributed by atoms with Crippen LogP contribution in [0.4, 0.5) is 10.5 Å². The summed E-state index contributed by atoms with van der Waals surface area (Å²) >= 11 is 0. The van der Waals surface area contributed by atoms with Crippen molar-refractivity contribution >= 4 is 23.7 Å². The summed E-state index contributed by atoms with van der Waals surface area (Å²) in [6.45, 7) is 1.51. The highest BCUT2D eigenvalue weighted by Gasteiger charge is 2.15. The number of esters is 1. The number of anilines is 1. The fourth-order valence-electron chi connectivity index (χ4n) is 2.12. The van der Waals surface area contributed by atoms with Gasteiger partial charge in [0.15, 0.2) is 6.61 Å². The van der Waals surface area contributed by atoms with Gasteiger partial charge in [0.1, 0.15) is 17.9 Å². The molecule has 2 aromatic rings. The minimum atomic E-state index is -1.27. The van der Waals surface area contributed by atoms with Crippen LogP contribution in [0.2, 0.25) is 0 Å². The highest BCUT2D eigenvalue weighted by Crippen LogP contribution is 2.23. The molecule has 2 N–H and O–H groups in total. The Kier molecular flexibility index (Phi) is 7.18. The first-order valence-corrected chi connectivity index (χ1v) is 8.13. The second-order valence-corrected chi connectivity index (χ2v) is 5.30. The van der Waals surface area contributed by atoms with E-state index in [4.69, 9.17) is 14.2 Å². The van der Waals surface area contributed by atoms with E-state index in [0.29, 0.717) is 0 Å². The molecule has 0 aliphatic carbocycles. The number of hydrogen-bond acceptors (Lipinski definition) is 6. The fourth-order valence-corrected chi connectivity index (χ4v) is 2.12. The highest BCUT2D eigenvalue weighted by atomic mass is 16.6. The van der Waals surface area contributed by atoms with Gasteiger partial charge >= 0.3 is 18.0 Å². The molecule has 0 saturated carbocycles. The zero-order valence-electron chi connectivity index (χ0n) is 14.6. The van der Waals surface area contributed by atoms with Crippen molar-refractivity contribution in [1.29, 1.82) is 0 Å². The van der Waals surface area contributed by atoms with Gasteiger partial charge in [0, 0.05) is 5.69 Å². The number of carbonyl (C=O) groups is 3. The Balaban J connectivity index is 1.98. The van der Waals surface area contributed by atoms with Gasteiger partial charge in [-0.25, -0.2) is 14.4 Å². The van der Waals surface area contributed by atoms with Crippen molar-refractivity contribution in [3.8, 4) is 5.75 Å². The topological polar surface area (TPSA) is 111 Å². The normalized spacial score (nSPS) is 9.96. The molecular weight excluding hydrogens is 354 g/mol. The van der Waals surface area contributed by atoms with Crippen molar-refractivity contribution in [2.24, 2.45) is 0 Å². The van der Waals surface area contributed by atoms with E-state index >= 15 is 0 Å². The van der Waals surface area contributed by atoms with Gasteiger partial charge in [-0.1, -0.05) is 30.3 Å². The van der Waals surface area contributed by atoms with E-state index in [1.165, 1.54) is 18.2 Å². The molecule has 2 rings (SSSR count). The largest absolute Gasteiger partial charge is 0.481 e. The zero-order valence-corrected chi connectivity index (χ0v) is 14.6. The summed E-state index contributed by atoms with van der Waals surface area (Å²) in [4.78, 5) is 34.6. The molecule has 0 unspecified atom stereocenters. The summed E-state index contributed by atoms with van der Waals surface area (Å²) in [5.41, 5.74) is 0.829. The van der Waals surface area contributed by atoms with Gasteiger partial charge in [-0.05, 0) is 30.7 Å². The monoisotopic (exact) mass is 373 g/mol. The van der Waals surface area contributed by atoms with Gasteiger partial charge in [-0.2, -0.15) is 0 Å². The molecule has 0 aliphatic heterocycles. The van der Waals surface area contributed by atoms with Crippen LogP contribution in [-0.4, -0.2) is 36.4 Å². The maximum Gasteiger partial charge on any atom is 0.411 e. The van der Waals surface area contributed by atoms with E-state index in [-0.39, 0.29) is 30.2 Å². The van der Waals surface area contributed by atoms with Crippen molar-refractivity contribution in [2.45, 2.75) is 13.5 Å². The molecule has 0 fully saturated rings. The number of carboxylic acid groups (broad SMARTS) is 1. The van der Waals surface area contributed by atoms with E-state index in [2.05, 4.69) is 5.32 Å². The number of benzene rings is 2. The lowest BCUT2D eigenvalue weighted by atomic mass is 10.2. The smallest absolute Gasteiger partial charge is 0.411 e. The van der Waals surface area contributed by atoms with Gasteiger partial charge in [0.05, 0.1) is 6.61 Å². The maximum absolute atomic E-state index is 11.9. The number of rotatable bonds is 8. The number of nitrogens with one attached hydrogen (secondary N) is 1. The molecule has 0 heterocycles. The van der Waals surface area contributed by atoms with Crippen molar-refractivity contribution < 1.29 is 33.7 Å². The number of carboxylic acids is 1. The lowest BCUT2D eigenvalue weighted by Gasteiger charge is -2.11. The maximum atomic E-state index is 11.9. The molecule has 1 amide bonds. The minimum absolute atomic E-state index is 0.0150. The molecule has 0 aromatic heterocycles. The third-order valence-corrected chi connectivity index (χ3v) is 3.32. The van der Waals surface area contributed by atoms with Gasteiger partial charge in [0.2, 0.25) is 0 Å². The van der Waals surface area contributed by atoms with Gasteiger partial charge in [-0.15, -0.1) is 0 Å². The summed E-state index contributed by atoms with van der Waals surface area (Å²) < 4.78 is 15.0. The van der Waals surface area contributed by atoms with Crippen molar-refractivity contribution in [3.63, 3.8) is 0 Å². The number of carbonyl (C=O) groups excluding carboxylic acids is 2. The first-order chi connectivity index (χ1) is 13.0. The Morgan fingerprint density at radius 1 is 1.04 bits per heavy atom. The SMILES string of the molecule is CCOC(=O)COc1ccc(NC(=O)OCc2ccccc2)cc1C(=O)O. The molecule has 142 valence electrons. The number of ether oxygens (including phenoxy) is 3. The zero-order chi connectivity index (χ0) is 19.6. The Morgan fingerprint density at radius 2 is 1.78 bits per heavy atom. The molecule has 0 radical (unpaired) electrons. The summed E-state index contributed by atoms with van der Waals surface area (Å²) in [6.07, 6.45) is -0.726. The van der Waals surface area contributed by atoms with E-state index in [1.54, 1.807) is 6.92 Å². The second-order valence-electron chi connectivity index (χ2n) is 5.30. The standard InChI is InChI=1S/C19H19NO7/c1-2-25-17(21)12-26-16-9-8-14(10-15(16)18(22)23)20-19(24)27-11-13-6-4-3-5-7-13/h3-10H,2,11-12H2,1H3,(H,20,24)(H,22,23). The summed E-state index contributed by atoms with van der Waals surface area (Å²) in [6, 6.07) is 13.1.